The van der Waals surface area contributed by atoms with E-state index in [4.69, 9.17) is 11.6 Å². The number of hydrogen-bond acceptors (Lipinski definition) is 4. The summed E-state index contributed by atoms with van der Waals surface area (Å²) < 4.78 is 13.2. The van der Waals surface area contributed by atoms with Gasteiger partial charge in [-0.2, -0.15) is 4.98 Å². The van der Waals surface area contributed by atoms with Gasteiger partial charge in [0.25, 0.3) is 0 Å². The molecule has 0 aliphatic rings. The Balaban J connectivity index is 1.88. The van der Waals surface area contributed by atoms with Crippen LogP contribution in [0.15, 0.2) is 53.9 Å². The first-order chi connectivity index (χ1) is 12.1. The molecule has 0 aliphatic carbocycles. The summed E-state index contributed by atoms with van der Waals surface area (Å²) in [6, 6.07) is 14.4. The number of rotatable bonds is 3. The van der Waals surface area contributed by atoms with Crippen molar-refractivity contribution in [2.24, 2.45) is 0 Å². The van der Waals surface area contributed by atoms with Gasteiger partial charge in [0, 0.05) is 16.6 Å². The number of anilines is 2. The van der Waals surface area contributed by atoms with Crippen LogP contribution in [0.5, 0.6) is 0 Å². The maximum atomic E-state index is 13.2. The van der Waals surface area contributed by atoms with Crippen LogP contribution in [-0.4, -0.2) is 9.97 Å². The van der Waals surface area contributed by atoms with Crippen LogP contribution in [0.1, 0.15) is 5.56 Å². The summed E-state index contributed by atoms with van der Waals surface area (Å²) in [5, 5.41) is 6.39. The molecular formula is C19H13ClFN3S. The first-order valence-corrected chi connectivity index (χ1v) is 8.90. The lowest BCUT2D eigenvalue weighted by Crippen LogP contribution is -1.97. The van der Waals surface area contributed by atoms with Gasteiger partial charge in [0.2, 0.25) is 5.28 Å². The number of hydrogen-bond donors (Lipinski definition) is 1. The fraction of sp³-hybridized carbons (Fsp3) is 0.0526. The predicted molar refractivity (Wildman–Crippen MR) is 102 cm³/mol. The van der Waals surface area contributed by atoms with E-state index in [2.05, 4.69) is 15.3 Å². The lowest BCUT2D eigenvalue weighted by atomic mass is 10.1. The molecule has 25 heavy (non-hydrogen) atoms. The molecule has 6 heteroatoms. The Morgan fingerprint density at radius 2 is 1.88 bits per heavy atom. The average molecular weight is 370 g/mol. The van der Waals surface area contributed by atoms with Crippen LogP contribution in [0.2, 0.25) is 5.28 Å². The van der Waals surface area contributed by atoms with Gasteiger partial charge in [-0.15, -0.1) is 11.3 Å². The number of halogens is 2. The van der Waals surface area contributed by atoms with Gasteiger partial charge < -0.3 is 5.32 Å². The quantitative estimate of drug-likeness (QED) is 0.437. The van der Waals surface area contributed by atoms with Crippen molar-refractivity contribution in [2.75, 3.05) is 5.32 Å². The van der Waals surface area contributed by atoms with E-state index >= 15 is 0 Å². The molecule has 4 rings (SSSR count). The second-order valence-corrected chi connectivity index (χ2v) is 6.87. The summed E-state index contributed by atoms with van der Waals surface area (Å²) in [6.07, 6.45) is 0. The molecule has 0 aliphatic heterocycles. The van der Waals surface area contributed by atoms with E-state index in [1.165, 1.54) is 23.5 Å². The van der Waals surface area contributed by atoms with Crippen LogP contribution in [0.25, 0.3) is 21.3 Å². The van der Waals surface area contributed by atoms with Crippen molar-refractivity contribution in [1.82, 2.24) is 9.97 Å². The van der Waals surface area contributed by atoms with Crippen LogP contribution >= 0.6 is 22.9 Å². The summed E-state index contributed by atoms with van der Waals surface area (Å²) in [6.45, 7) is 2.03. The van der Waals surface area contributed by atoms with Gasteiger partial charge in [-0.05, 0) is 53.9 Å². The minimum atomic E-state index is -0.263. The Kier molecular flexibility index (Phi) is 4.11. The minimum absolute atomic E-state index is 0.190. The standard InChI is InChI=1S/C19H13ClFN3S/c1-11-3-2-4-14(9-11)22-17-16-15(12-5-7-13(21)8-6-12)10-25-18(16)24-19(20)23-17/h2-10H,1H3,(H,22,23,24). The Morgan fingerprint density at radius 3 is 2.64 bits per heavy atom. The van der Waals surface area contributed by atoms with Crippen molar-refractivity contribution < 1.29 is 4.39 Å². The van der Waals surface area contributed by atoms with E-state index in [0.717, 1.165) is 32.6 Å². The van der Waals surface area contributed by atoms with E-state index in [1.807, 2.05) is 36.6 Å². The van der Waals surface area contributed by atoms with Crippen molar-refractivity contribution in [3.05, 3.63) is 70.6 Å². The van der Waals surface area contributed by atoms with Gasteiger partial charge in [0.1, 0.15) is 16.5 Å². The molecule has 0 fully saturated rings. The molecule has 124 valence electrons. The number of aryl methyl sites for hydroxylation is 1. The number of nitrogens with one attached hydrogen (secondary N) is 1. The Labute approximate surface area is 153 Å². The number of fused-ring (bicyclic) bond motifs is 1. The Hall–Kier alpha value is -2.50. The molecule has 0 spiro atoms. The highest BCUT2D eigenvalue weighted by Crippen LogP contribution is 2.38. The summed E-state index contributed by atoms with van der Waals surface area (Å²) >= 11 is 7.58. The first-order valence-electron chi connectivity index (χ1n) is 7.64. The summed E-state index contributed by atoms with van der Waals surface area (Å²) in [5.74, 6) is 0.377. The molecule has 2 heterocycles. The van der Waals surface area contributed by atoms with Crippen LogP contribution in [-0.2, 0) is 0 Å². The van der Waals surface area contributed by atoms with E-state index in [0.29, 0.717) is 5.82 Å². The largest absolute Gasteiger partial charge is 0.340 e. The monoisotopic (exact) mass is 369 g/mol. The molecule has 0 saturated carbocycles. The Morgan fingerprint density at radius 1 is 1.08 bits per heavy atom. The maximum absolute atomic E-state index is 13.2. The van der Waals surface area contributed by atoms with Gasteiger partial charge in [-0.3, -0.25) is 0 Å². The third-order valence-corrected chi connectivity index (χ3v) is 4.88. The van der Waals surface area contributed by atoms with Gasteiger partial charge in [-0.1, -0.05) is 24.3 Å². The highest BCUT2D eigenvalue weighted by atomic mass is 35.5. The molecule has 3 nitrogen and oxygen atoms in total. The zero-order valence-electron chi connectivity index (χ0n) is 13.3. The van der Waals surface area contributed by atoms with Crippen LogP contribution < -0.4 is 5.32 Å². The van der Waals surface area contributed by atoms with E-state index in [9.17, 15) is 4.39 Å². The molecule has 4 aromatic rings. The summed E-state index contributed by atoms with van der Waals surface area (Å²) in [5.41, 5.74) is 3.93. The van der Waals surface area contributed by atoms with Crippen molar-refractivity contribution in [3.63, 3.8) is 0 Å². The average Bonchev–Trinajstić information content (AvgIpc) is 2.99. The molecule has 0 bridgehead atoms. The molecule has 2 aromatic heterocycles. The number of thiophene rings is 1. The molecule has 1 N–H and O–H groups in total. The highest BCUT2D eigenvalue weighted by molar-refractivity contribution is 7.17. The van der Waals surface area contributed by atoms with Crippen LogP contribution in [0.3, 0.4) is 0 Å². The topological polar surface area (TPSA) is 37.8 Å². The predicted octanol–water partition coefficient (Wildman–Crippen LogP) is 6.20. The maximum Gasteiger partial charge on any atom is 0.225 e. The van der Waals surface area contributed by atoms with Crippen LogP contribution in [0.4, 0.5) is 15.9 Å². The third kappa shape index (κ3) is 3.21. The van der Waals surface area contributed by atoms with Gasteiger partial charge in [0.15, 0.2) is 0 Å². The van der Waals surface area contributed by atoms with E-state index < -0.39 is 0 Å². The smallest absolute Gasteiger partial charge is 0.225 e. The van der Waals surface area contributed by atoms with Crippen molar-refractivity contribution in [3.8, 4) is 11.1 Å². The molecular weight excluding hydrogens is 357 g/mol. The third-order valence-electron chi connectivity index (χ3n) is 3.84. The van der Waals surface area contributed by atoms with Gasteiger partial charge in [-0.25, -0.2) is 9.37 Å². The van der Waals surface area contributed by atoms with Crippen LogP contribution in [0, 0.1) is 12.7 Å². The lowest BCUT2D eigenvalue weighted by molar-refractivity contribution is 0.628. The molecule has 0 radical (unpaired) electrons. The van der Waals surface area contributed by atoms with E-state index in [-0.39, 0.29) is 11.1 Å². The second kappa shape index (κ2) is 6.43. The minimum Gasteiger partial charge on any atom is -0.340 e. The van der Waals surface area contributed by atoms with Crippen molar-refractivity contribution >= 4 is 44.7 Å². The normalized spacial score (nSPS) is 11.0. The molecule has 0 amide bonds. The first kappa shape index (κ1) is 16.0. The lowest BCUT2D eigenvalue weighted by Gasteiger charge is -2.10. The fourth-order valence-electron chi connectivity index (χ4n) is 2.71. The summed E-state index contributed by atoms with van der Waals surface area (Å²) in [7, 11) is 0. The Bertz CT molecular complexity index is 1060. The summed E-state index contributed by atoms with van der Waals surface area (Å²) in [4.78, 5) is 9.48. The SMILES string of the molecule is Cc1cccc(Nc2nc(Cl)nc3scc(-c4ccc(F)cc4)c23)c1. The van der Waals surface area contributed by atoms with Crippen molar-refractivity contribution in [1.29, 1.82) is 0 Å². The second-order valence-electron chi connectivity index (χ2n) is 5.67. The number of nitrogens with zero attached hydrogens (tertiary/aromatic N) is 2. The molecule has 0 unspecified atom stereocenters. The van der Waals surface area contributed by atoms with Gasteiger partial charge in [0.05, 0.1) is 5.39 Å². The molecule has 2 aromatic carbocycles. The van der Waals surface area contributed by atoms with Crippen molar-refractivity contribution in [2.45, 2.75) is 6.92 Å². The zero-order valence-corrected chi connectivity index (χ0v) is 14.8. The van der Waals surface area contributed by atoms with E-state index in [1.54, 1.807) is 12.1 Å². The number of aromatic nitrogens is 2. The highest BCUT2D eigenvalue weighted by Gasteiger charge is 2.15. The number of benzene rings is 2. The van der Waals surface area contributed by atoms with Gasteiger partial charge >= 0.3 is 0 Å². The fourth-order valence-corrected chi connectivity index (χ4v) is 3.87. The zero-order chi connectivity index (χ0) is 17.4. The molecule has 0 atom stereocenters. The molecule has 0 saturated heterocycles.